The van der Waals surface area contributed by atoms with Crippen LogP contribution in [0.25, 0.3) is 0 Å². The highest BCUT2D eigenvalue weighted by Gasteiger charge is 2.10. The molecule has 2 aromatic rings. The molecule has 0 aliphatic carbocycles. The van der Waals surface area contributed by atoms with Crippen molar-refractivity contribution in [1.82, 2.24) is 0 Å². The molecule has 0 aliphatic rings. The second-order valence-corrected chi connectivity index (χ2v) is 5.14. The van der Waals surface area contributed by atoms with Gasteiger partial charge >= 0.3 is 0 Å². The van der Waals surface area contributed by atoms with Gasteiger partial charge in [0, 0.05) is 17.1 Å². The van der Waals surface area contributed by atoms with Crippen LogP contribution in [0.2, 0.25) is 0 Å². The predicted molar refractivity (Wildman–Crippen MR) is 80.9 cm³/mol. The van der Waals surface area contributed by atoms with Crippen molar-refractivity contribution in [3.8, 4) is 11.5 Å². The molecule has 0 unspecified atom stereocenters. The van der Waals surface area contributed by atoms with Crippen LogP contribution in [0.1, 0.15) is 5.56 Å². The number of halogens is 3. The molecule has 0 spiro atoms. The van der Waals surface area contributed by atoms with Crippen LogP contribution in [0.4, 0.5) is 14.5 Å². The Kier molecular flexibility index (Phi) is 5.01. The Bertz CT molecular complexity index is 627. The first kappa shape index (κ1) is 15.6. The lowest BCUT2D eigenvalue weighted by Gasteiger charge is -2.12. The topological polar surface area (TPSA) is 30.5 Å². The molecule has 0 bridgehead atoms. The van der Waals surface area contributed by atoms with E-state index in [1.54, 1.807) is 26.4 Å². The molecule has 0 aromatic heterocycles. The van der Waals surface area contributed by atoms with Gasteiger partial charge in [0.15, 0.2) is 11.5 Å². The zero-order valence-electron chi connectivity index (χ0n) is 11.5. The van der Waals surface area contributed by atoms with Crippen LogP contribution in [0.3, 0.4) is 0 Å². The SMILES string of the molecule is COc1ccc(CNc2c(F)cc(F)cc2Br)cc1OC. The molecule has 0 saturated heterocycles. The van der Waals surface area contributed by atoms with Crippen molar-refractivity contribution < 1.29 is 18.3 Å². The van der Waals surface area contributed by atoms with E-state index in [1.807, 2.05) is 6.07 Å². The molecule has 3 nitrogen and oxygen atoms in total. The summed E-state index contributed by atoms with van der Waals surface area (Å²) in [6.45, 7) is 0.363. The Balaban J connectivity index is 2.17. The van der Waals surface area contributed by atoms with E-state index < -0.39 is 11.6 Å². The summed E-state index contributed by atoms with van der Waals surface area (Å²) < 4.78 is 37.4. The summed E-state index contributed by atoms with van der Waals surface area (Å²) >= 11 is 3.14. The summed E-state index contributed by atoms with van der Waals surface area (Å²) in [6.07, 6.45) is 0. The third-order valence-electron chi connectivity index (χ3n) is 2.92. The number of hydrogen-bond donors (Lipinski definition) is 1. The van der Waals surface area contributed by atoms with E-state index in [0.717, 1.165) is 11.6 Å². The van der Waals surface area contributed by atoms with E-state index in [9.17, 15) is 8.78 Å². The minimum atomic E-state index is -0.651. The summed E-state index contributed by atoms with van der Waals surface area (Å²) in [5.74, 6) is -0.0655. The number of anilines is 1. The molecule has 1 N–H and O–H groups in total. The maximum Gasteiger partial charge on any atom is 0.161 e. The predicted octanol–water partition coefficient (Wildman–Crippen LogP) is 4.36. The fraction of sp³-hybridized carbons (Fsp3) is 0.200. The Labute approximate surface area is 130 Å². The second kappa shape index (κ2) is 6.76. The minimum Gasteiger partial charge on any atom is -0.493 e. The average molecular weight is 358 g/mol. The minimum absolute atomic E-state index is 0.214. The van der Waals surface area contributed by atoms with Gasteiger partial charge in [0.2, 0.25) is 0 Å². The monoisotopic (exact) mass is 357 g/mol. The third-order valence-corrected chi connectivity index (χ3v) is 3.55. The van der Waals surface area contributed by atoms with Crippen molar-refractivity contribution in [2.45, 2.75) is 6.54 Å². The van der Waals surface area contributed by atoms with Gasteiger partial charge in [0.25, 0.3) is 0 Å². The molecule has 6 heteroatoms. The summed E-state index contributed by atoms with van der Waals surface area (Å²) in [4.78, 5) is 0. The van der Waals surface area contributed by atoms with Crippen LogP contribution in [-0.4, -0.2) is 14.2 Å². The average Bonchev–Trinajstić information content (AvgIpc) is 2.45. The maximum absolute atomic E-state index is 13.7. The van der Waals surface area contributed by atoms with E-state index in [-0.39, 0.29) is 5.69 Å². The van der Waals surface area contributed by atoms with Crippen molar-refractivity contribution in [1.29, 1.82) is 0 Å². The number of methoxy groups -OCH3 is 2. The normalized spacial score (nSPS) is 10.3. The third kappa shape index (κ3) is 3.64. The highest BCUT2D eigenvalue weighted by Crippen LogP contribution is 2.30. The van der Waals surface area contributed by atoms with Crippen LogP contribution in [0.15, 0.2) is 34.8 Å². The Morgan fingerprint density at radius 1 is 1.05 bits per heavy atom. The molecular formula is C15H14BrF2NO2. The first-order chi connectivity index (χ1) is 10.0. The fourth-order valence-electron chi connectivity index (χ4n) is 1.89. The zero-order valence-corrected chi connectivity index (χ0v) is 13.1. The Morgan fingerprint density at radius 3 is 2.38 bits per heavy atom. The van der Waals surface area contributed by atoms with E-state index in [4.69, 9.17) is 9.47 Å². The lowest BCUT2D eigenvalue weighted by molar-refractivity contribution is 0.354. The Hall–Kier alpha value is -1.82. The van der Waals surface area contributed by atoms with Gasteiger partial charge < -0.3 is 14.8 Å². The van der Waals surface area contributed by atoms with Gasteiger partial charge in [0.1, 0.15) is 11.6 Å². The maximum atomic E-state index is 13.7. The van der Waals surface area contributed by atoms with E-state index in [2.05, 4.69) is 21.2 Å². The summed E-state index contributed by atoms with van der Waals surface area (Å²) in [7, 11) is 3.10. The van der Waals surface area contributed by atoms with E-state index in [1.165, 1.54) is 6.07 Å². The molecule has 0 amide bonds. The molecular weight excluding hydrogens is 344 g/mol. The molecule has 0 atom stereocenters. The number of benzene rings is 2. The smallest absolute Gasteiger partial charge is 0.161 e. The number of hydrogen-bond acceptors (Lipinski definition) is 3. The first-order valence-electron chi connectivity index (χ1n) is 6.14. The standard InChI is InChI=1S/C15H14BrF2NO2/c1-20-13-4-3-9(5-14(13)21-2)8-19-15-11(16)6-10(17)7-12(15)18/h3-7,19H,8H2,1-2H3. The quantitative estimate of drug-likeness (QED) is 0.862. The molecule has 0 fully saturated rings. The van der Waals surface area contributed by atoms with Gasteiger partial charge in [-0.25, -0.2) is 8.78 Å². The van der Waals surface area contributed by atoms with Crippen LogP contribution in [0.5, 0.6) is 11.5 Å². The van der Waals surface area contributed by atoms with Crippen LogP contribution in [-0.2, 0) is 6.54 Å². The van der Waals surface area contributed by atoms with Crippen molar-refractivity contribution in [2.75, 3.05) is 19.5 Å². The molecule has 2 aromatic carbocycles. The number of rotatable bonds is 5. The zero-order chi connectivity index (χ0) is 15.4. The lowest BCUT2D eigenvalue weighted by atomic mass is 10.2. The van der Waals surface area contributed by atoms with E-state index in [0.29, 0.717) is 22.5 Å². The molecule has 0 radical (unpaired) electrons. The Morgan fingerprint density at radius 2 is 1.76 bits per heavy atom. The summed E-state index contributed by atoms with van der Waals surface area (Å²) in [5, 5.41) is 2.93. The number of ether oxygens (including phenoxy) is 2. The molecule has 0 saturated carbocycles. The van der Waals surface area contributed by atoms with Crippen molar-refractivity contribution in [3.63, 3.8) is 0 Å². The molecule has 0 aliphatic heterocycles. The highest BCUT2D eigenvalue weighted by molar-refractivity contribution is 9.10. The van der Waals surface area contributed by atoms with Crippen LogP contribution >= 0.6 is 15.9 Å². The first-order valence-corrected chi connectivity index (χ1v) is 6.93. The van der Waals surface area contributed by atoms with Crippen LogP contribution in [0, 0.1) is 11.6 Å². The van der Waals surface area contributed by atoms with Crippen molar-refractivity contribution >= 4 is 21.6 Å². The van der Waals surface area contributed by atoms with Crippen LogP contribution < -0.4 is 14.8 Å². The molecule has 21 heavy (non-hydrogen) atoms. The fourth-order valence-corrected chi connectivity index (χ4v) is 2.44. The summed E-state index contributed by atoms with van der Waals surface area (Å²) in [5.41, 5.74) is 1.09. The number of nitrogens with one attached hydrogen (secondary N) is 1. The lowest BCUT2D eigenvalue weighted by Crippen LogP contribution is -2.03. The van der Waals surface area contributed by atoms with Gasteiger partial charge in [-0.15, -0.1) is 0 Å². The van der Waals surface area contributed by atoms with Crippen molar-refractivity contribution in [3.05, 3.63) is 52.0 Å². The van der Waals surface area contributed by atoms with E-state index >= 15 is 0 Å². The summed E-state index contributed by atoms with van der Waals surface area (Å²) in [6, 6.07) is 7.44. The van der Waals surface area contributed by atoms with Gasteiger partial charge in [-0.3, -0.25) is 0 Å². The molecule has 2 rings (SSSR count). The second-order valence-electron chi connectivity index (χ2n) is 4.29. The molecule has 112 valence electrons. The highest BCUT2D eigenvalue weighted by atomic mass is 79.9. The van der Waals surface area contributed by atoms with Gasteiger partial charge in [-0.2, -0.15) is 0 Å². The van der Waals surface area contributed by atoms with Crippen molar-refractivity contribution in [2.24, 2.45) is 0 Å². The molecule has 0 heterocycles. The largest absolute Gasteiger partial charge is 0.493 e. The van der Waals surface area contributed by atoms with Gasteiger partial charge in [-0.05, 0) is 39.7 Å². The van der Waals surface area contributed by atoms with Gasteiger partial charge in [-0.1, -0.05) is 6.07 Å². The van der Waals surface area contributed by atoms with Gasteiger partial charge in [0.05, 0.1) is 19.9 Å².